The molecule has 0 aliphatic carbocycles. The Morgan fingerprint density at radius 1 is 1.24 bits per heavy atom. The average molecular weight is 398 g/mol. The van der Waals surface area contributed by atoms with Crippen LogP contribution < -0.4 is 4.90 Å². The fraction of sp³-hybridized carbons (Fsp3) is 0.476. The highest BCUT2D eigenvalue weighted by Gasteiger charge is 2.41. The predicted octanol–water partition coefficient (Wildman–Crippen LogP) is 2.69. The van der Waals surface area contributed by atoms with Gasteiger partial charge in [-0.2, -0.15) is 5.10 Å². The molecule has 0 spiro atoms. The lowest BCUT2D eigenvalue weighted by Crippen LogP contribution is -2.62. The molecule has 1 saturated heterocycles. The van der Waals surface area contributed by atoms with Crippen LogP contribution in [0, 0.1) is 11.7 Å². The van der Waals surface area contributed by atoms with Crippen molar-refractivity contribution in [1.29, 1.82) is 0 Å². The third kappa shape index (κ3) is 3.47. The molecule has 2 N–H and O–H groups in total. The minimum absolute atomic E-state index is 0.0537. The van der Waals surface area contributed by atoms with E-state index >= 15 is 0 Å². The Balaban J connectivity index is 1.69. The summed E-state index contributed by atoms with van der Waals surface area (Å²) in [5.41, 5.74) is 0.405. The van der Waals surface area contributed by atoms with E-state index in [-0.39, 0.29) is 17.7 Å². The molecule has 3 aromatic heterocycles. The second kappa shape index (κ2) is 7.35. The highest BCUT2D eigenvalue weighted by molar-refractivity contribution is 5.89. The molecule has 1 aliphatic rings. The third-order valence-corrected chi connectivity index (χ3v) is 6.21. The van der Waals surface area contributed by atoms with Crippen LogP contribution in [0.15, 0.2) is 30.5 Å². The van der Waals surface area contributed by atoms with Gasteiger partial charge in [-0.25, -0.2) is 14.4 Å². The molecule has 29 heavy (non-hydrogen) atoms. The maximum Gasteiger partial charge on any atom is 0.155 e. The summed E-state index contributed by atoms with van der Waals surface area (Å²) < 4.78 is 14.7. The van der Waals surface area contributed by atoms with Gasteiger partial charge in [0.25, 0.3) is 0 Å². The van der Waals surface area contributed by atoms with Crippen LogP contribution in [-0.4, -0.2) is 68.5 Å². The van der Waals surface area contributed by atoms with E-state index in [0.29, 0.717) is 23.7 Å². The van der Waals surface area contributed by atoms with Crippen LogP contribution in [0.4, 0.5) is 10.2 Å². The SMILES string of the molecule is CC(C)C(C)(O)C1CN(c2ccc(F)c(-c3n[nH]c4ncccc34)n2)CCN1C. The number of nitrogens with zero attached hydrogens (tertiary/aromatic N) is 5. The molecule has 154 valence electrons. The molecule has 8 heteroatoms. The number of nitrogens with one attached hydrogen (secondary N) is 1. The van der Waals surface area contributed by atoms with E-state index in [1.54, 1.807) is 18.3 Å². The molecule has 0 saturated carbocycles. The Labute approximate surface area is 169 Å². The van der Waals surface area contributed by atoms with Gasteiger partial charge in [0, 0.05) is 31.2 Å². The van der Waals surface area contributed by atoms with Crippen molar-refractivity contribution in [2.24, 2.45) is 5.92 Å². The average Bonchev–Trinajstić information content (AvgIpc) is 3.12. The Morgan fingerprint density at radius 2 is 2.03 bits per heavy atom. The van der Waals surface area contributed by atoms with E-state index < -0.39 is 11.4 Å². The summed E-state index contributed by atoms with van der Waals surface area (Å²) in [7, 11) is 2.03. The maximum atomic E-state index is 14.7. The first-order valence-corrected chi connectivity index (χ1v) is 9.92. The van der Waals surface area contributed by atoms with Gasteiger partial charge in [-0.3, -0.25) is 10.00 Å². The molecular weight excluding hydrogens is 371 g/mol. The molecule has 0 aromatic carbocycles. The summed E-state index contributed by atoms with van der Waals surface area (Å²) in [4.78, 5) is 13.1. The quantitative estimate of drug-likeness (QED) is 0.703. The second-order valence-electron chi connectivity index (χ2n) is 8.29. The number of anilines is 1. The number of rotatable bonds is 4. The van der Waals surface area contributed by atoms with Gasteiger partial charge in [0.2, 0.25) is 0 Å². The number of aromatic nitrogens is 4. The first-order valence-electron chi connectivity index (χ1n) is 9.92. The largest absolute Gasteiger partial charge is 0.388 e. The van der Waals surface area contributed by atoms with Gasteiger partial charge in [0.15, 0.2) is 11.5 Å². The Bertz CT molecular complexity index is 1020. The smallest absolute Gasteiger partial charge is 0.155 e. The standard InChI is InChI=1S/C21H27FN6O/c1-13(2)21(3,29)16-12-28(11-10-27(16)4)17-8-7-15(22)19(24-17)18-14-6-5-9-23-20(14)26-25-18/h5-9,13,16,29H,10-12H2,1-4H3,(H,23,25,26). The van der Waals surface area contributed by atoms with Crippen LogP contribution in [0.5, 0.6) is 0 Å². The van der Waals surface area contributed by atoms with Crippen molar-refractivity contribution in [2.75, 3.05) is 31.6 Å². The Hall–Kier alpha value is -2.58. The number of fused-ring (bicyclic) bond motifs is 1. The van der Waals surface area contributed by atoms with Crippen molar-refractivity contribution in [3.8, 4) is 11.4 Å². The lowest BCUT2D eigenvalue weighted by atomic mass is 9.83. The molecule has 2 unspecified atom stereocenters. The number of aliphatic hydroxyl groups is 1. The Kier molecular flexibility index (Phi) is 5.00. The van der Waals surface area contributed by atoms with Gasteiger partial charge >= 0.3 is 0 Å². The Morgan fingerprint density at radius 3 is 2.79 bits per heavy atom. The second-order valence-corrected chi connectivity index (χ2v) is 8.29. The number of H-pyrrole nitrogens is 1. The highest BCUT2D eigenvalue weighted by Crippen LogP contribution is 2.31. The molecule has 1 aliphatic heterocycles. The summed E-state index contributed by atoms with van der Waals surface area (Å²) in [5.74, 6) is 0.361. The number of piperazine rings is 1. The van der Waals surface area contributed by atoms with Crippen LogP contribution in [-0.2, 0) is 0 Å². The molecule has 0 amide bonds. The van der Waals surface area contributed by atoms with Crippen molar-refractivity contribution in [1.82, 2.24) is 25.1 Å². The van der Waals surface area contributed by atoms with Crippen molar-refractivity contribution in [2.45, 2.75) is 32.4 Å². The summed E-state index contributed by atoms with van der Waals surface area (Å²) in [6.07, 6.45) is 1.66. The van der Waals surface area contributed by atoms with E-state index in [9.17, 15) is 9.50 Å². The lowest BCUT2D eigenvalue weighted by Gasteiger charge is -2.48. The van der Waals surface area contributed by atoms with Gasteiger partial charge in [0.05, 0.1) is 11.6 Å². The van der Waals surface area contributed by atoms with E-state index in [1.807, 2.05) is 33.9 Å². The molecule has 0 radical (unpaired) electrons. The number of pyridine rings is 2. The van der Waals surface area contributed by atoms with Gasteiger partial charge < -0.3 is 10.0 Å². The van der Waals surface area contributed by atoms with Gasteiger partial charge in [-0.15, -0.1) is 0 Å². The number of hydrogen-bond acceptors (Lipinski definition) is 6. The first-order chi connectivity index (χ1) is 13.8. The molecule has 2 atom stereocenters. The van der Waals surface area contributed by atoms with Crippen LogP contribution in [0.1, 0.15) is 20.8 Å². The van der Waals surface area contributed by atoms with Gasteiger partial charge in [-0.05, 0) is 44.2 Å². The summed E-state index contributed by atoms with van der Waals surface area (Å²) in [6, 6.07) is 6.71. The molecule has 7 nitrogen and oxygen atoms in total. The first kappa shape index (κ1) is 19.7. The number of halogens is 1. The predicted molar refractivity (Wildman–Crippen MR) is 111 cm³/mol. The molecule has 3 aromatic rings. The minimum atomic E-state index is -0.847. The van der Waals surface area contributed by atoms with Crippen LogP contribution >= 0.6 is 0 Å². The monoisotopic (exact) mass is 398 g/mol. The van der Waals surface area contributed by atoms with Gasteiger partial charge in [-0.1, -0.05) is 13.8 Å². The van der Waals surface area contributed by atoms with Crippen molar-refractivity contribution in [3.63, 3.8) is 0 Å². The number of hydrogen-bond donors (Lipinski definition) is 2. The maximum absolute atomic E-state index is 14.7. The third-order valence-electron chi connectivity index (χ3n) is 6.21. The normalized spacial score (nSPS) is 20.4. The van der Waals surface area contributed by atoms with Gasteiger partial charge in [0.1, 0.15) is 17.2 Å². The molecule has 4 rings (SSSR count). The summed E-state index contributed by atoms with van der Waals surface area (Å²) >= 11 is 0. The molecule has 0 bridgehead atoms. The topological polar surface area (TPSA) is 81.2 Å². The van der Waals surface area contributed by atoms with E-state index in [4.69, 9.17) is 0 Å². The number of likely N-dealkylation sites (N-methyl/N-ethyl adjacent to an activating group) is 1. The van der Waals surface area contributed by atoms with Crippen molar-refractivity contribution < 1.29 is 9.50 Å². The van der Waals surface area contributed by atoms with Crippen LogP contribution in [0.3, 0.4) is 0 Å². The summed E-state index contributed by atoms with van der Waals surface area (Å²) in [5, 5.41) is 18.9. The van der Waals surface area contributed by atoms with Crippen molar-refractivity contribution in [3.05, 3.63) is 36.3 Å². The van der Waals surface area contributed by atoms with E-state index in [0.717, 1.165) is 18.5 Å². The zero-order chi connectivity index (χ0) is 20.8. The van der Waals surface area contributed by atoms with E-state index in [1.165, 1.54) is 6.07 Å². The lowest BCUT2D eigenvalue weighted by molar-refractivity contribution is -0.0624. The summed E-state index contributed by atoms with van der Waals surface area (Å²) in [6.45, 7) is 8.09. The molecule has 1 fully saturated rings. The highest BCUT2D eigenvalue weighted by atomic mass is 19.1. The zero-order valence-corrected chi connectivity index (χ0v) is 17.2. The zero-order valence-electron chi connectivity index (χ0n) is 17.2. The van der Waals surface area contributed by atoms with Crippen LogP contribution in [0.25, 0.3) is 22.4 Å². The fourth-order valence-electron chi connectivity index (χ4n) is 3.91. The molecular formula is C21H27FN6O. The van der Waals surface area contributed by atoms with E-state index in [2.05, 4.69) is 30.0 Å². The molecule has 4 heterocycles. The number of aromatic amines is 1. The van der Waals surface area contributed by atoms with Crippen molar-refractivity contribution >= 4 is 16.9 Å². The fourth-order valence-corrected chi connectivity index (χ4v) is 3.91. The minimum Gasteiger partial charge on any atom is -0.388 e. The van der Waals surface area contributed by atoms with Crippen LogP contribution in [0.2, 0.25) is 0 Å².